The Morgan fingerprint density at radius 2 is 2.05 bits per heavy atom. The van der Waals surface area contributed by atoms with Crippen LogP contribution in [0.1, 0.15) is 25.0 Å². The third kappa shape index (κ3) is 3.60. The lowest BCUT2D eigenvalue weighted by Crippen LogP contribution is -2.46. The number of pyridine rings is 1. The Balaban J connectivity index is 1.51. The molecule has 0 aliphatic carbocycles. The molecule has 5 heteroatoms. The molecular formula is C16H24N4O. The van der Waals surface area contributed by atoms with E-state index in [4.69, 9.17) is 5.73 Å². The van der Waals surface area contributed by atoms with Crippen LogP contribution in [0.4, 0.5) is 0 Å². The highest BCUT2D eigenvalue weighted by Gasteiger charge is 2.31. The molecule has 21 heavy (non-hydrogen) atoms. The number of nitrogens with two attached hydrogens (primary N) is 1. The standard InChI is InChI=1S/C16H24N4O/c17-13-4-8-19(9-5-13)15-6-10-20(12-15)16(21)11-14-3-1-2-7-18-14/h1-3,7,13,15H,4-6,8-12,17H2. The minimum atomic E-state index is 0.199. The fraction of sp³-hybridized carbons (Fsp3) is 0.625. The summed E-state index contributed by atoms with van der Waals surface area (Å²) in [7, 11) is 0. The molecule has 0 spiro atoms. The van der Waals surface area contributed by atoms with Crippen molar-refractivity contribution in [3.63, 3.8) is 0 Å². The minimum absolute atomic E-state index is 0.199. The number of likely N-dealkylation sites (tertiary alicyclic amines) is 2. The van der Waals surface area contributed by atoms with E-state index < -0.39 is 0 Å². The summed E-state index contributed by atoms with van der Waals surface area (Å²) >= 11 is 0. The van der Waals surface area contributed by atoms with Crippen LogP contribution in [0.2, 0.25) is 0 Å². The predicted octanol–water partition coefficient (Wildman–Crippen LogP) is 0.648. The molecule has 1 aromatic heterocycles. The number of aromatic nitrogens is 1. The van der Waals surface area contributed by atoms with Crippen molar-refractivity contribution in [3.05, 3.63) is 30.1 Å². The molecule has 3 rings (SSSR count). The maximum atomic E-state index is 12.3. The molecule has 1 amide bonds. The van der Waals surface area contributed by atoms with Gasteiger partial charge in [0.25, 0.3) is 0 Å². The lowest BCUT2D eigenvalue weighted by atomic mass is 10.0. The molecule has 0 radical (unpaired) electrons. The SMILES string of the molecule is NC1CCN(C2CCN(C(=O)Cc3ccccn3)C2)CC1. The zero-order chi connectivity index (χ0) is 14.7. The van der Waals surface area contributed by atoms with Crippen molar-refractivity contribution >= 4 is 5.91 Å². The van der Waals surface area contributed by atoms with Crippen LogP contribution in [-0.4, -0.2) is 59.0 Å². The van der Waals surface area contributed by atoms with E-state index in [1.165, 1.54) is 0 Å². The van der Waals surface area contributed by atoms with E-state index in [2.05, 4.69) is 9.88 Å². The molecule has 1 unspecified atom stereocenters. The van der Waals surface area contributed by atoms with E-state index in [0.29, 0.717) is 18.5 Å². The van der Waals surface area contributed by atoms with Crippen LogP contribution in [0.25, 0.3) is 0 Å². The Hall–Kier alpha value is -1.46. The average Bonchev–Trinajstić information content (AvgIpc) is 2.99. The van der Waals surface area contributed by atoms with Gasteiger partial charge in [-0.15, -0.1) is 0 Å². The molecule has 3 heterocycles. The van der Waals surface area contributed by atoms with E-state index in [1.54, 1.807) is 6.20 Å². The van der Waals surface area contributed by atoms with Gasteiger partial charge in [0.05, 0.1) is 6.42 Å². The van der Waals surface area contributed by atoms with Crippen molar-refractivity contribution in [1.82, 2.24) is 14.8 Å². The molecule has 2 fully saturated rings. The van der Waals surface area contributed by atoms with Gasteiger partial charge in [-0.2, -0.15) is 0 Å². The average molecular weight is 288 g/mol. The summed E-state index contributed by atoms with van der Waals surface area (Å²) in [6, 6.07) is 6.60. The quantitative estimate of drug-likeness (QED) is 0.887. The van der Waals surface area contributed by atoms with Crippen LogP contribution >= 0.6 is 0 Å². The number of hydrogen-bond donors (Lipinski definition) is 1. The molecule has 0 saturated carbocycles. The highest BCUT2D eigenvalue weighted by atomic mass is 16.2. The van der Waals surface area contributed by atoms with Gasteiger partial charge in [-0.25, -0.2) is 0 Å². The summed E-state index contributed by atoms with van der Waals surface area (Å²) in [4.78, 5) is 21.1. The molecule has 2 aliphatic heterocycles. The number of hydrogen-bond acceptors (Lipinski definition) is 4. The molecule has 0 bridgehead atoms. The Bertz CT molecular complexity index is 470. The summed E-state index contributed by atoms with van der Waals surface area (Å²) < 4.78 is 0. The van der Waals surface area contributed by atoms with Crippen molar-refractivity contribution in [2.45, 2.75) is 37.8 Å². The van der Waals surface area contributed by atoms with E-state index in [9.17, 15) is 4.79 Å². The molecule has 114 valence electrons. The Labute approximate surface area is 126 Å². The van der Waals surface area contributed by atoms with Gasteiger partial charge in [-0.1, -0.05) is 6.07 Å². The second-order valence-corrected chi connectivity index (χ2v) is 6.15. The van der Waals surface area contributed by atoms with Gasteiger partial charge in [0.1, 0.15) is 0 Å². The fourth-order valence-corrected chi connectivity index (χ4v) is 3.32. The van der Waals surface area contributed by atoms with Crippen molar-refractivity contribution in [2.75, 3.05) is 26.2 Å². The molecule has 1 atom stereocenters. The van der Waals surface area contributed by atoms with Crippen LogP contribution in [-0.2, 0) is 11.2 Å². The molecule has 1 aromatic rings. The smallest absolute Gasteiger partial charge is 0.228 e. The Morgan fingerprint density at radius 1 is 1.24 bits per heavy atom. The summed E-state index contributed by atoms with van der Waals surface area (Å²) in [6.45, 7) is 3.89. The van der Waals surface area contributed by atoms with Crippen LogP contribution in [0.3, 0.4) is 0 Å². The zero-order valence-corrected chi connectivity index (χ0v) is 12.4. The second-order valence-electron chi connectivity index (χ2n) is 6.15. The minimum Gasteiger partial charge on any atom is -0.341 e. The van der Waals surface area contributed by atoms with E-state index >= 15 is 0 Å². The number of amides is 1. The maximum absolute atomic E-state index is 12.3. The van der Waals surface area contributed by atoms with Gasteiger partial charge in [-0.05, 0) is 44.5 Å². The second kappa shape index (κ2) is 6.54. The molecule has 2 saturated heterocycles. The third-order valence-corrected chi connectivity index (χ3v) is 4.67. The summed E-state index contributed by atoms with van der Waals surface area (Å²) in [6.07, 6.45) is 5.41. The van der Waals surface area contributed by atoms with E-state index in [0.717, 1.165) is 51.1 Å². The van der Waals surface area contributed by atoms with Gasteiger partial charge in [0, 0.05) is 37.1 Å². The molecular weight excluding hydrogens is 264 g/mol. The first kappa shape index (κ1) is 14.5. The summed E-state index contributed by atoms with van der Waals surface area (Å²) in [5.41, 5.74) is 6.82. The molecule has 2 N–H and O–H groups in total. The predicted molar refractivity (Wildman–Crippen MR) is 81.7 cm³/mol. The Kier molecular flexibility index (Phi) is 4.51. The van der Waals surface area contributed by atoms with Crippen LogP contribution < -0.4 is 5.73 Å². The van der Waals surface area contributed by atoms with Crippen molar-refractivity contribution < 1.29 is 4.79 Å². The first-order valence-electron chi connectivity index (χ1n) is 7.89. The largest absolute Gasteiger partial charge is 0.341 e. The number of nitrogens with zero attached hydrogens (tertiary/aromatic N) is 3. The lowest BCUT2D eigenvalue weighted by Gasteiger charge is -2.34. The Morgan fingerprint density at radius 3 is 2.76 bits per heavy atom. The molecule has 0 aromatic carbocycles. The zero-order valence-electron chi connectivity index (χ0n) is 12.4. The number of carbonyl (C=O) groups is 1. The topological polar surface area (TPSA) is 62.5 Å². The lowest BCUT2D eigenvalue weighted by molar-refractivity contribution is -0.129. The van der Waals surface area contributed by atoms with Crippen LogP contribution in [0.15, 0.2) is 24.4 Å². The van der Waals surface area contributed by atoms with Gasteiger partial charge in [0.15, 0.2) is 0 Å². The normalized spacial score (nSPS) is 24.4. The maximum Gasteiger partial charge on any atom is 0.228 e. The number of carbonyl (C=O) groups excluding carboxylic acids is 1. The van der Waals surface area contributed by atoms with E-state index in [-0.39, 0.29) is 5.91 Å². The summed E-state index contributed by atoms with van der Waals surface area (Å²) in [5.74, 6) is 0.199. The molecule has 5 nitrogen and oxygen atoms in total. The van der Waals surface area contributed by atoms with Gasteiger partial charge in [0.2, 0.25) is 5.91 Å². The van der Waals surface area contributed by atoms with Crippen molar-refractivity contribution in [3.8, 4) is 0 Å². The fourth-order valence-electron chi connectivity index (χ4n) is 3.32. The van der Waals surface area contributed by atoms with Gasteiger partial charge < -0.3 is 10.6 Å². The number of piperidine rings is 1. The van der Waals surface area contributed by atoms with Crippen molar-refractivity contribution in [1.29, 1.82) is 0 Å². The molecule has 2 aliphatic rings. The first-order chi connectivity index (χ1) is 10.2. The monoisotopic (exact) mass is 288 g/mol. The highest BCUT2D eigenvalue weighted by Crippen LogP contribution is 2.20. The summed E-state index contributed by atoms with van der Waals surface area (Å²) in [5, 5.41) is 0. The van der Waals surface area contributed by atoms with Gasteiger partial charge in [-0.3, -0.25) is 14.7 Å². The first-order valence-corrected chi connectivity index (χ1v) is 7.89. The highest BCUT2D eigenvalue weighted by molar-refractivity contribution is 5.78. The third-order valence-electron chi connectivity index (χ3n) is 4.67. The van der Waals surface area contributed by atoms with Crippen LogP contribution in [0.5, 0.6) is 0 Å². The van der Waals surface area contributed by atoms with Crippen molar-refractivity contribution in [2.24, 2.45) is 5.73 Å². The van der Waals surface area contributed by atoms with Crippen LogP contribution in [0, 0.1) is 0 Å². The van der Waals surface area contributed by atoms with Gasteiger partial charge >= 0.3 is 0 Å². The number of rotatable bonds is 3. The van der Waals surface area contributed by atoms with E-state index in [1.807, 2.05) is 23.1 Å².